The molecule has 0 aromatic heterocycles. The summed E-state index contributed by atoms with van der Waals surface area (Å²) in [6.45, 7) is 7.05. The average molecular weight is 284 g/mol. The minimum Gasteiger partial charge on any atom is -0.458 e. The maximum Gasteiger partial charge on any atom is 0.338 e. The molecule has 1 fully saturated rings. The van der Waals surface area contributed by atoms with E-state index in [-0.39, 0.29) is 24.5 Å². The topological polar surface area (TPSA) is 29.5 Å². The first kappa shape index (κ1) is 16.0. The average Bonchev–Trinajstić information content (AvgIpc) is 2.81. The molecule has 106 valence electrons. The van der Waals surface area contributed by atoms with Gasteiger partial charge in [0, 0.05) is 6.54 Å². The molecule has 0 saturated carbocycles. The highest BCUT2D eigenvalue weighted by atomic mass is 35.5. The normalized spacial score (nSPS) is 16.7. The zero-order valence-corrected chi connectivity index (χ0v) is 12.4. The van der Waals surface area contributed by atoms with Gasteiger partial charge in [0.1, 0.15) is 6.10 Å². The highest BCUT2D eigenvalue weighted by molar-refractivity contribution is 5.89. The number of ether oxygens (including phenoxy) is 1. The second-order valence-electron chi connectivity index (χ2n) is 5.09. The van der Waals surface area contributed by atoms with Crippen molar-refractivity contribution in [3.63, 3.8) is 0 Å². The Morgan fingerprint density at radius 2 is 2.05 bits per heavy atom. The van der Waals surface area contributed by atoms with Gasteiger partial charge in [0.2, 0.25) is 0 Å². The van der Waals surface area contributed by atoms with E-state index in [0.29, 0.717) is 5.56 Å². The van der Waals surface area contributed by atoms with Gasteiger partial charge in [-0.25, -0.2) is 4.79 Å². The highest BCUT2D eigenvalue weighted by Crippen LogP contribution is 2.11. The number of hydrogen-bond donors (Lipinski definition) is 0. The van der Waals surface area contributed by atoms with E-state index in [9.17, 15) is 4.79 Å². The Labute approximate surface area is 121 Å². The lowest BCUT2D eigenvalue weighted by atomic mass is 10.1. The van der Waals surface area contributed by atoms with Crippen LogP contribution in [0.4, 0.5) is 0 Å². The predicted molar refractivity (Wildman–Crippen MR) is 79.0 cm³/mol. The molecule has 1 atom stereocenters. The van der Waals surface area contributed by atoms with Gasteiger partial charge in [0.25, 0.3) is 0 Å². The van der Waals surface area contributed by atoms with Crippen LogP contribution >= 0.6 is 12.4 Å². The number of likely N-dealkylation sites (tertiary alicyclic amines) is 1. The molecule has 0 spiro atoms. The van der Waals surface area contributed by atoms with Gasteiger partial charge >= 0.3 is 5.97 Å². The molecular formula is C15H22ClNO2. The summed E-state index contributed by atoms with van der Waals surface area (Å²) < 4.78 is 5.47. The molecule has 2 rings (SSSR count). The Morgan fingerprint density at radius 3 is 2.68 bits per heavy atom. The molecule has 19 heavy (non-hydrogen) atoms. The van der Waals surface area contributed by atoms with Crippen molar-refractivity contribution < 1.29 is 9.53 Å². The molecule has 3 nitrogen and oxygen atoms in total. The second-order valence-corrected chi connectivity index (χ2v) is 5.09. The van der Waals surface area contributed by atoms with E-state index >= 15 is 0 Å². The third kappa shape index (κ3) is 4.84. The molecule has 1 unspecified atom stereocenters. The zero-order valence-electron chi connectivity index (χ0n) is 11.6. The Hall–Kier alpha value is -1.06. The van der Waals surface area contributed by atoms with Gasteiger partial charge in [0.15, 0.2) is 0 Å². The highest BCUT2D eigenvalue weighted by Gasteiger charge is 2.17. The minimum atomic E-state index is -0.217. The molecular weight excluding hydrogens is 262 g/mol. The van der Waals surface area contributed by atoms with Gasteiger partial charge in [0.05, 0.1) is 5.56 Å². The van der Waals surface area contributed by atoms with Crippen LogP contribution in [-0.4, -0.2) is 36.6 Å². The Bertz CT molecular complexity index is 416. The van der Waals surface area contributed by atoms with E-state index in [1.54, 1.807) is 6.07 Å². The van der Waals surface area contributed by atoms with Crippen LogP contribution < -0.4 is 0 Å². The maximum absolute atomic E-state index is 11.9. The monoisotopic (exact) mass is 283 g/mol. The lowest BCUT2D eigenvalue weighted by molar-refractivity contribution is 0.0271. The molecule has 4 heteroatoms. The van der Waals surface area contributed by atoms with E-state index in [2.05, 4.69) is 4.90 Å². The minimum absolute atomic E-state index is 0. The first-order valence-corrected chi connectivity index (χ1v) is 6.65. The zero-order chi connectivity index (χ0) is 13.0. The fourth-order valence-corrected chi connectivity index (χ4v) is 2.39. The van der Waals surface area contributed by atoms with Crippen molar-refractivity contribution >= 4 is 18.4 Å². The summed E-state index contributed by atoms with van der Waals surface area (Å²) in [6, 6.07) is 7.53. The number of esters is 1. The SMILES string of the molecule is Cc1cccc(C(=O)OC(C)CN2CCCC2)c1.Cl. The number of halogens is 1. The largest absolute Gasteiger partial charge is 0.458 e. The van der Waals surface area contributed by atoms with E-state index in [0.717, 1.165) is 25.2 Å². The lowest BCUT2D eigenvalue weighted by Gasteiger charge is -2.20. The fraction of sp³-hybridized carbons (Fsp3) is 0.533. The number of benzene rings is 1. The number of rotatable bonds is 4. The van der Waals surface area contributed by atoms with Crippen molar-refractivity contribution in [1.82, 2.24) is 4.90 Å². The van der Waals surface area contributed by atoms with Crippen LogP contribution in [0.25, 0.3) is 0 Å². The summed E-state index contributed by atoms with van der Waals surface area (Å²) in [5.41, 5.74) is 1.72. The summed E-state index contributed by atoms with van der Waals surface area (Å²) in [4.78, 5) is 14.3. The molecule has 0 amide bonds. The van der Waals surface area contributed by atoms with Crippen molar-refractivity contribution in [2.45, 2.75) is 32.8 Å². The van der Waals surface area contributed by atoms with Crippen LogP contribution in [0.15, 0.2) is 24.3 Å². The van der Waals surface area contributed by atoms with Gasteiger partial charge in [-0.05, 0) is 51.9 Å². The number of hydrogen-bond acceptors (Lipinski definition) is 3. The van der Waals surface area contributed by atoms with Crippen molar-refractivity contribution in [2.24, 2.45) is 0 Å². The van der Waals surface area contributed by atoms with E-state index in [1.165, 1.54) is 12.8 Å². The molecule has 0 bridgehead atoms. The van der Waals surface area contributed by atoms with Gasteiger partial charge in [-0.1, -0.05) is 17.7 Å². The Morgan fingerprint density at radius 1 is 1.37 bits per heavy atom. The van der Waals surface area contributed by atoms with Crippen molar-refractivity contribution in [3.05, 3.63) is 35.4 Å². The molecule has 0 N–H and O–H groups in total. The third-order valence-corrected chi connectivity index (χ3v) is 3.28. The Kier molecular flexibility index (Phi) is 6.32. The molecule has 1 aliphatic rings. The number of carbonyl (C=O) groups excluding carboxylic acids is 1. The quantitative estimate of drug-likeness (QED) is 0.796. The third-order valence-electron chi connectivity index (χ3n) is 3.28. The van der Waals surface area contributed by atoms with Crippen molar-refractivity contribution in [3.8, 4) is 0 Å². The van der Waals surface area contributed by atoms with E-state index in [1.807, 2.05) is 32.0 Å². The summed E-state index contributed by atoms with van der Waals surface area (Å²) in [6.07, 6.45) is 2.48. The van der Waals surface area contributed by atoms with E-state index in [4.69, 9.17) is 4.74 Å². The maximum atomic E-state index is 11.9. The van der Waals surface area contributed by atoms with Gasteiger partial charge < -0.3 is 4.74 Å². The van der Waals surface area contributed by atoms with Crippen molar-refractivity contribution in [2.75, 3.05) is 19.6 Å². The lowest BCUT2D eigenvalue weighted by Crippen LogP contribution is -2.31. The summed E-state index contributed by atoms with van der Waals surface area (Å²) >= 11 is 0. The van der Waals surface area contributed by atoms with Crippen LogP contribution in [-0.2, 0) is 4.74 Å². The van der Waals surface area contributed by atoms with Crippen LogP contribution in [0.3, 0.4) is 0 Å². The number of carbonyl (C=O) groups is 1. The van der Waals surface area contributed by atoms with Gasteiger partial charge in [-0.3, -0.25) is 4.90 Å². The second kappa shape index (κ2) is 7.51. The standard InChI is InChI=1S/C15H21NO2.ClH/c1-12-6-5-7-14(10-12)15(17)18-13(2)11-16-8-3-4-9-16;/h5-7,10,13H,3-4,8-9,11H2,1-2H3;1H. The molecule has 0 radical (unpaired) electrons. The number of aryl methyl sites for hydroxylation is 1. The summed E-state index contributed by atoms with van der Waals surface area (Å²) in [5, 5.41) is 0. The Balaban J connectivity index is 0.00000180. The summed E-state index contributed by atoms with van der Waals surface area (Å²) in [7, 11) is 0. The molecule has 1 saturated heterocycles. The van der Waals surface area contributed by atoms with Crippen LogP contribution in [0.2, 0.25) is 0 Å². The fourth-order valence-electron chi connectivity index (χ4n) is 2.39. The van der Waals surface area contributed by atoms with Crippen LogP contribution in [0, 0.1) is 6.92 Å². The van der Waals surface area contributed by atoms with Gasteiger partial charge in [-0.15, -0.1) is 12.4 Å². The van der Waals surface area contributed by atoms with Crippen LogP contribution in [0.1, 0.15) is 35.7 Å². The molecule has 1 heterocycles. The van der Waals surface area contributed by atoms with Crippen molar-refractivity contribution in [1.29, 1.82) is 0 Å². The first-order valence-electron chi connectivity index (χ1n) is 6.65. The molecule has 1 aromatic rings. The predicted octanol–water partition coefficient (Wildman–Crippen LogP) is 3.06. The van der Waals surface area contributed by atoms with Gasteiger partial charge in [-0.2, -0.15) is 0 Å². The smallest absolute Gasteiger partial charge is 0.338 e. The van der Waals surface area contributed by atoms with Crippen LogP contribution in [0.5, 0.6) is 0 Å². The summed E-state index contributed by atoms with van der Waals surface area (Å²) in [5.74, 6) is -0.217. The molecule has 0 aliphatic carbocycles. The molecule has 1 aromatic carbocycles. The number of nitrogens with zero attached hydrogens (tertiary/aromatic N) is 1. The molecule has 1 aliphatic heterocycles. The first-order chi connectivity index (χ1) is 8.65. The van der Waals surface area contributed by atoms with E-state index < -0.39 is 0 Å².